The molecule has 4 rings (SSSR count). The molecule has 2 aromatic rings. The van der Waals surface area contributed by atoms with Gasteiger partial charge >= 0.3 is 0 Å². The van der Waals surface area contributed by atoms with Gasteiger partial charge in [-0.05, 0) is 48.7 Å². The van der Waals surface area contributed by atoms with Gasteiger partial charge in [0.15, 0.2) is 0 Å². The fourth-order valence-corrected chi connectivity index (χ4v) is 4.44. The van der Waals surface area contributed by atoms with Crippen LogP contribution in [0.15, 0.2) is 36.4 Å². The number of halogens is 3. The highest BCUT2D eigenvalue weighted by Crippen LogP contribution is 2.44. The average Bonchev–Trinajstić information content (AvgIpc) is 2.67. The van der Waals surface area contributed by atoms with Crippen LogP contribution in [0.1, 0.15) is 42.6 Å². The molecule has 1 spiro atoms. The van der Waals surface area contributed by atoms with E-state index in [0.717, 1.165) is 31.5 Å². The first-order chi connectivity index (χ1) is 13.3. The Bertz CT molecular complexity index is 871. The number of piperidine rings is 1. The lowest BCUT2D eigenvalue weighted by molar-refractivity contribution is -0.0589. The fourth-order valence-electron chi connectivity index (χ4n) is 4.13. The van der Waals surface area contributed by atoms with Gasteiger partial charge in [0.05, 0.1) is 22.3 Å². The molecule has 4 nitrogen and oxygen atoms in total. The summed E-state index contributed by atoms with van der Waals surface area (Å²) in [6.45, 7) is 1.96. The summed E-state index contributed by atoms with van der Waals surface area (Å²) in [6.07, 6.45) is 0.523. The van der Waals surface area contributed by atoms with Crippen molar-refractivity contribution in [3.8, 4) is 5.75 Å². The van der Waals surface area contributed by atoms with Crippen LogP contribution in [0.2, 0.25) is 10.0 Å². The molecular formula is C21H22Cl2FNO3. The number of hydrogen-bond acceptors (Lipinski definition) is 4. The topological polar surface area (TPSA) is 52.9 Å². The third-order valence-corrected chi connectivity index (χ3v) is 6.49. The summed E-state index contributed by atoms with van der Waals surface area (Å²) in [4.78, 5) is 2.17. The lowest BCUT2D eigenvalue weighted by atomic mass is 9.81. The lowest BCUT2D eigenvalue weighted by Gasteiger charge is -2.46. The molecule has 2 heterocycles. The van der Waals surface area contributed by atoms with Crippen LogP contribution in [-0.4, -0.2) is 40.3 Å². The van der Waals surface area contributed by atoms with E-state index in [4.69, 9.17) is 27.9 Å². The molecule has 1 fully saturated rings. The molecule has 2 aliphatic heterocycles. The van der Waals surface area contributed by atoms with Gasteiger partial charge in [-0.1, -0.05) is 29.3 Å². The van der Waals surface area contributed by atoms with E-state index in [2.05, 4.69) is 4.90 Å². The van der Waals surface area contributed by atoms with E-state index in [1.807, 2.05) is 0 Å². The third kappa shape index (κ3) is 4.00. The molecule has 2 aromatic carbocycles. The zero-order valence-corrected chi connectivity index (χ0v) is 16.8. The van der Waals surface area contributed by atoms with E-state index in [1.54, 1.807) is 24.3 Å². The predicted octanol–water partition coefficient (Wildman–Crippen LogP) is 4.52. The molecule has 1 saturated heterocycles. The Morgan fingerprint density at radius 1 is 1.14 bits per heavy atom. The Morgan fingerprint density at radius 3 is 2.61 bits per heavy atom. The summed E-state index contributed by atoms with van der Waals surface area (Å²) in [6, 6.07) is 9.45. The van der Waals surface area contributed by atoms with E-state index in [1.165, 1.54) is 12.1 Å². The van der Waals surface area contributed by atoms with Gasteiger partial charge in [-0.15, -0.1) is 0 Å². The Labute approximate surface area is 173 Å². The molecule has 7 heteroatoms. The summed E-state index contributed by atoms with van der Waals surface area (Å²) in [5.41, 5.74) is 0.799. The van der Waals surface area contributed by atoms with Gasteiger partial charge in [-0.25, -0.2) is 4.39 Å². The lowest BCUT2D eigenvalue weighted by Crippen LogP contribution is -2.51. The quantitative estimate of drug-likeness (QED) is 0.758. The van der Waals surface area contributed by atoms with Crippen LogP contribution in [0.3, 0.4) is 0 Å². The van der Waals surface area contributed by atoms with Gasteiger partial charge in [-0.3, -0.25) is 0 Å². The molecule has 28 heavy (non-hydrogen) atoms. The summed E-state index contributed by atoms with van der Waals surface area (Å²) in [7, 11) is 0. The number of benzene rings is 2. The average molecular weight is 426 g/mol. The first-order valence-corrected chi connectivity index (χ1v) is 10.1. The third-order valence-electron chi connectivity index (χ3n) is 5.75. The van der Waals surface area contributed by atoms with Crippen LogP contribution < -0.4 is 4.74 Å². The van der Waals surface area contributed by atoms with Crippen LogP contribution in [0.5, 0.6) is 5.75 Å². The van der Waals surface area contributed by atoms with Crippen molar-refractivity contribution >= 4 is 23.2 Å². The standard InChI is InChI=1S/C21H22Cl2FNO3/c22-16-3-1-13(9-17(16)23)19(27)12-25-7-5-21(6-8-25)11-18(26)15-10-14(24)2-4-20(15)28-21/h1-4,9-10,18-19,26-27H,5-8,11-12H2/t18-,19+/m1/s1. The molecule has 0 aliphatic carbocycles. The molecule has 0 unspecified atom stereocenters. The highest BCUT2D eigenvalue weighted by Gasteiger charge is 2.43. The zero-order valence-electron chi connectivity index (χ0n) is 15.2. The monoisotopic (exact) mass is 425 g/mol. The molecule has 0 saturated carbocycles. The van der Waals surface area contributed by atoms with Gasteiger partial charge in [0, 0.05) is 31.6 Å². The minimum Gasteiger partial charge on any atom is -0.487 e. The number of rotatable bonds is 3. The van der Waals surface area contributed by atoms with Crippen molar-refractivity contribution in [2.24, 2.45) is 0 Å². The van der Waals surface area contributed by atoms with Crippen LogP contribution in [-0.2, 0) is 0 Å². The van der Waals surface area contributed by atoms with Crippen LogP contribution in [0.4, 0.5) is 4.39 Å². The van der Waals surface area contributed by atoms with Crippen molar-refractivity contribution in [1.82, 2.24) is 4.90 Å². The van der Waals surface area contributed by atoms with Crippen LogP contribution in [0, 0.1) is 5.82 Å². The van der Waals surface area contributed by atoms with Crippen molar-refractivity contribution in [2.75, 3.05) is 19.6 Å². The number of β-amino-alcohol motifs (C(OH)–C–C–N with tert-alkyl or cyclic N) is 1. The minimum atomic E-state index is -0.729. The number of hydrogen-bond donors (Lipinski definition) is 2. The summed E-state index contributed by atoms with van der Waals surface area (Å²) >= 11 is 12.0. The molecule has 0 aromatic heterocycles. The Balaban J connectivity index is 1.39. The highest BCUT2D eigenvalue weighted by atomic mass is 35.5. The smallest absolute Gasteiger partial charge is 0.126 e. The first-order valence-electron chi connectivity index (χ1n) is 9.37. The second kappa shape index (κ2) is 7.81. The van der Waals surface area contributed by atoms with Gasteiger partial charge < -0.3 is 19.8 Å². The fraction of sp³-hybridized carbons (Fsp3) is 0.429. The maximum absolute atomic E-state index is 13.4. The van der Waals surface area contributed by atoms with E-state index in [0.29, 0.717) is 34.3 Å². The van der Waals surface area contributed by atoms with E-state index < -0.39 is 17.8 Å². The van der Waals surface area contributed by atoms with Crippen molar-refractivity contribution in [3.05, 3.63) is 63.4 Å². The SMILES string of the molecule is O[C@@H]1CC2(CCN(C[C@H](O)c3ccc(Cl)c(Cl)c3)CC2)Oc2ccc(F)cc21. The molecule has 2 atom stereocenters. The van der Waals surface area contributed by atoms with Crippen molar-refractivity contribution in [3.63, 3.8) is 0 Å². The molecule has 0 radical (unpaired) electrons. The number of ether oxygens (including phenoxy) is 1. The molecule has 150 valence electrons. The number of nitrogens with zero attached hydrogens (tertiary/aromatic N) is 1. The van der Waals surface area contributed by atoms with Gasteiger partial charge in [0.2, 0.25) is 0 Å². The van der Waals surface area contributed by atoms with E-state index in [-0.39, 0.29) is 5.82 Å². The molecule has 2 aliphatic rings. The maximum Gasteiger partial charge on any atom is 0.126 e. The van der Waals surface area contributed by atoms with Crippen molar-refractivity contribution in [1.29, 1.82) is 0 Å². The highest BCUT2D eigenvalue weighted by molar-refractivity contribution is 6.42. The largest absolute Gasteiger partial charge is 0.487 e. The number of aliphatic hydroxyl groups is 2. The normalized spacial score (nSPS) is 22.5. The van der Waals surface area contributed by atoms with Crippen molar-refractivity contribution < 1.29 is 19.3 Å². The maximum atomic E-state index is 13.4. The number of fused-ring (bicyclic) bond motifs is 1. The Kier molecular flexibility index (Phi) is 5.55. The molecule has 0 amide bonds. The van der Waals surface area contributed by atoms with Crippen LogP contribution in [0.25, 0.3) is 0 Å². The van der Waals surface area contributed by atoms with E-state index >= 15 is 0 Å². The second-order valence-corrected chi connectivity index (χ2v) is 8.49. The Morgan fingerprint density at radius 2 is 1.89 bits per heavy atom. The first kappa shape index (κ1) is 19.9. The minimum absolute atomic E-state index is 0.372. The van der Waals surface area contributed by atoms with Gasteiger partial charge in [-0.2, -0.15) is 0 Å². The summed E-state index contributed by atoms with van der Waals surface area (Å²) in [5, 5.41) is 21.9. The molecule has 2 N–H and O–H groups in total. The van der Waals surface area contributed by atoms with Crippen molar-refractivity contribution in [2.45, 2.75) is 37.1 Å². The Hall–Kier alpha value is -1.37. The summed E-state index contributed by atoms with van der Waals surface area (Å²) < 4.78 is 19.7. The second-order valence-electron chi connectivity index (χ2n) is 7.68. The zero-order chi connectivity index (χ0) is 19.9. The number of likely N-dealkylation sites (tertiary alicyclic amines) is 1. The molecule has 0 bridgehead atoms. The van der Waals surface area contributed by atoms with Crippen LogP contribution >= 0.6 is 23.2 Å². The predicted molar refractivity (Wildman–Crippen MR) is 106 cm³/mol. The van der Waals surface area contributed by atoms with Gasteiger partial charge in [0.1, 0.15) is 17.2 Å². The molecular weight excluding hydrogens is 404 g/mol. The number of aliphatic hydroxyl groups excluding tert-OH is 2. The summed E-state index contributed by atoms with van der Waals surface area (Å²) in [5.74, 6) is 0.188. The van der Waals surface area contributed by atoms with Gasteiger partial charge in [0.25, 0.3) is 0 Å². The van der Waals surface area contributed by atoms with E-state index in [9.17, 15) is 14.6 Å².